The lowest BCUT2D eigenvalue weighted by Gasteiger charge is -2.34. The molecule has 1 aliphatic heterocycles. The number of ether oxygens (including phenoxy) is 1. The summed E-state index contributed by atoms with van der Waals surface area (Å²) in [5.74, 6) is 0. The van der Waals surface area contributed by atoms with Crippen LogP contribution in [-0.4, -0.2) is 43.3 Å². The summed E-state index contributed by atoms with van der Waals surface area (Å²) in [7, 11) is 0. The number of morpholine rings is 1. The number of carbonyl (C=O) groups excluding carboxylic acids is 1. The first kappa shape index (κ1) is 12.9. The molecule has 1 aromatic carbocycles. The molecule has 0 bridgehead atoms. The molecule has 0 aliphatic carbocycles. The largest absolute Gasteiger partial charge is 0.377 e. The monoisotopic (exact) mass is 249 g/mol. The van der Waals surface area contributed by atoms with E-state index in [0.717, 1.165) is 5.56 Å². The maximum atomic E-state index is 12.0. The van der Waals surface area contributed by atoms with Crippen LogP contribution in [0.3, 0.4) is 0 Å². The fourth-order valence-corrected chi connectivity index (χ4v) is 1.99. The zero-order valence-corrected chi connectivity index (χ0v) is 10.3. The Hall–Kier alpha value is -1.59. The third-order valence-corrected chi connectivity index (χ3v) is 3.05. The van der Waals surface area contributed by atoms with Crippen LogP contribution in [0.1, 0.15) is 5.56 Å². The second-order valence-corrected chi connectivity index (χ2v) is 4.30. The summed E-state index contributed by atoms with van der Waals surface area (Å²) in [6.45, 7) is 2.67. The molecule has 18 heavy (non-hydrogen) atoms. The van der Waals surface area contributed by atoms with E-state index in [-0.39, 0.29) is 12.1 Å². The molecule has 0 saturated carbocycles. The first-order valence-corrected chi connectivity index (χ1v) is 6.17. The van der Waals surface area contributed by atoms with Gasteiger partial charge in [-0.3, -0.25) is 0 Å². The van der Waals surface area contributed by atoms with E-state index in [1.807, 2.05) is 30.3 Å². The lowest BCUT2D eigenvalue weighted by Crippen LogP contribution is -2.55. The molecule has 0 radical (unpaired) electrons. The van der Waals surface area contributed by atoms with Crippen LogP contribution in [-0.2, 0) is 11.3 Å². The van der Waals surface area contributed by atoms with Crippen molar-refractivity contribution in [2.45, 2.75) is 12.6 Å². The van der Waals surface area contributed by atoms with E-state index in [0.29, 0.717) is 32.8 Å². The third kappa shape index (κ3) is 3.21. The minimum absolute atomic E-state index is 0.0190. The van der Waals surface area contributed by atoms with Crippen molar-refractivity contribution in [1.29, 1.82) is 0 Å². The van der Waals surface area contributed by atoms with E-state index in [4.69, 9.17) is 10.5 Å². The van der Waals surface area contributed by atoms with Gasteiger partial charge < -0.3 is 20.7 Å². The van der Waals surface area contributed by atoms with Gasteiger partial charge in [-0.1, -0.05) is 30.3 Å². The van der Waals surface area contributed by atoms with Gasteiger partial charge in [0.05, 0.1) is 19.3 Å². The minimum atomic E-state index is -0.0717. The Morgan fingerprint density at radius 2 is 2.22 bits per heavy atom. The number of rotatable bonds is 3. The van der Waals surface area contributed by atoms with Gasteiger partial charge in [-0.05, 0) is 5.56 Å². The van der Waals surface area contributed by atoms with Crippen molar-refractivity contribution in [2.75, 3.05) is 26.3 Å². The van der Waals surface area contributed by atoms with Crippen molar-refractivity contribution in [3.8, 4) is 0 Å². The topological polar surface area (TPSA) is 67.6 Å². The molecule has 0 aromatic heterocycles. The zero-order valence-electron chi connectivity index (χ0n) is 10.3. The lowest BCUT2D eigenvalue weighted by atomic mass is 10.2. The van der Waals surface area contributed by atoms with Crippen LogP contribution < -0.4 is 11.1 Å². The summed E-state index contributed by atoms with van der Waals surface area (Å²) in [5, 5.41) is 2.91. The second kappa shape index (κ2) is 6.37. The zero-order chi connectivity index (χ0) is 12.8. The number of carbonyl (C=O) groups is 1. The molecule has 1 saturated heterocycles. The lowest BCUT2D eigenvalue weighted by molar-refractivity contribution is 0.0156. The number of amides is 2. The number of nitrogens with one attached hydrogen (secondary N) is 1. The van der Waals surface area contributed by atoms with Gasteiger partial charge in [-0.15, -0.1) is 0 Å². The molecule has 1 unspecified atom stereocenters. The van der Waals surface area contributed by atoms with Crippen LogP contribution in [0.4, 0.5) is 4.79 Å². The number of hydrogen-bond donors (Lipinski definition) is 2. The fourth-order valence-electron chi connectivity index (χ4n) is 1.99. The van der Waals surface area contributed by atoms with Gasteiger partial charge in [0.1, 0.15) is 0 Å². The Kier molecular flexibility index (Phi) is 4.55. The predicted octanol–water partition coefficient (Wildman–Crippen LogP) is 0.556. The van der Waals surface area contributed by atoms with Gasteiger partial charge in [0, 0.05) is 19.6 Å². The molecule has 98 valence electrons. The molecule has 2 rings (SSSR count). The van der Waals surface area contributed by atoms with Crippen LogP contribution >= 0.6 is 0 Å². The summed E-state index contributed by atoms with van der Waals surface area (Å²) in [6.07, 6.45) is 0. The number of urea groups is 1. The van der Waals surface area contributed by atoms with Crippen molar-refractivity contribution >= 4 is 6.03 Å². The quantitative estimate of drug-likeness (QED) is 0.822. The van der Waals surface area contributed by atoms with E-state index in [1.54, 1.807) is 4.90 Å². The van der Waals surface area contributed by atoms with Crippen molar-refractivity contribution in [2.24, 2.45) is 5.73 Å². The van der Waals surface area contributed by atoms with Crippen LogP contribution in [0, 0.1) is 0 Å². The van der Waals surface area contributed by atoms with E-state index in [1.165, 1.54) is 0 Å². The standard InChI is InChI=1S/C13H19N3O2/c14-8-12-10-18-7-6-16(12)13(17)15-9-11-4-2-1-3-5-11/h1-5,12H,6-10,14H2,(H,15,17). The molecule has 1 aromatic rings. The van der Waals surface area contributed by atoms with Gasteiger partial charge in [0.25, 0.3) is 0 Å². The van der Waals surface area contributed by atoms with Gasteiger partial charge in [-0.25, -0.2) is 4.79 Å². The Morgan fingerprint density at radius 1 is 1.44 bits per heavy atom. The Bertz CT molecular complexity index is 383. The van der Waals surface area contributed by atoms with E-state index in [2.05, 4.69) is 5.32 Å². The first-order chi connectivity index (χ1) is 8.81. The normalized spacial score (nSPS) is 19.6. The molecule has 3 N–H and O–H groups in total. The SMILES string of the molecule is NCC1COCCN1C(=O)NCc1ccccc1. The molecule has 1 aliphatic rings. The van der Waals surface area contributed by atoms with Gasteiger partial charge in [0.15, 0.2) is 0 Å². The van der Waals surface area contributed by atoms with Crippen molar-refractivity contribution in [3.05, 3.63) is 35.9 Å². The summed E-state index contributed by atoms with van der Waals surface area (Å²) >= 11 is 0. The van der Waals surface area contributed by atoms with E-state index >= 15 is 0 Å². The predicted molar refractivity (Wildman–Crippen MR) is 69.0 cm³/mol. The second-order valence-electron chi connectivity index (χ2n) is 4.30. The molecule has 5 nitrogen and oxygen atoms in total. The summed E-state index contributed by atoms with van der Waals surface area (Å²) in [6, 6.07) is 9.75. The Balaban J connectivity index is 1.87. The molecule has 0 spiro atoms. The van der Waals surface area contributed by atoms with Crippen LogP contribution in [0.5, 0.6) is 0 Å². The first-order valence-electron chi connectivity index (χ1n) is 6.17. The number of nitrogens with two attached hydrogens (primary N) is 1. The summed E-state index contributed by atoms with van der Waals surface area (Å²) in [4.78, 5) is 13.8. The fraction of sp³-hybridized carbons (Fsp3) is 0.462. The van der Waals surface area contributed by atoms with Crippen LogP contribution in [0.15, 0.2) is 30.3 Å². The van der Waals surface area contributed by atoms with Crippen molar-refractivity contribution < 1.29 is 9.53 Å². The maximum absolute atomic E-state index is 12.0. The highest BCUT2D eigenvalue weighted by Gasteiger charge is 2.25. The third-order valence-electron chi connectivity index (χ3n) is 3.05. The Labute approximate surface area is 107 Å². The summed E-state index contributed by atoms with van der Waals surface area (Å²) < 4.78 is 5.31. The number of nitrogens with zero attached hydrogens (tertiary/aromatic N) is 1. The highest BCUT2D eigenvalue weighted by molar-refractivity contribution is 5.74. The van der Waals surface area contributed by atoms with E-state index < -0.39 is 0 Å². The van der Waals surface area contributed by atoms with E-state index in [9.17, 15) is 4.79 Å². The molecule has 1 heterocycles. The molecule has 1 fully saturated rings. The van der Waals surface area contributed by atoms with Gasteiger partial charge in [0.2, 0.25) is 0 Å². The molecule has 5 heteroatoms. The van der Waals surface area contributed by atoms with Crippen LogP contribution in [0.2, 0.25) is 0 Å². The molecular weight excluding hydrogens is 230 g/mol. The molecule has 2 amide bonds. The highest BCUT2D eigenvalue weighted by Crippen LogP contribution is 2.06. The van der Waals surface area contributed by atoms with Crippen molar-refractivity contribution in [1.82, 2.24) is 10.2 Å². The van der Waals surface area contributed by atoms with Gasteiger partial charge in [-0.2, -0.15) is 0 Å². The molecule has 1 atom stereocenters. The average Bonchev–Trinajstić information content (AvgIpc) is 2.45. The number of hydrogen-bond acceptors (Lipinski definition) is 3. The van der Waals surface area contributed by atoms with Crippen LogP contribution in [0.25, 0.3) is 0 Å². The maximum Gasteiger partial charge on any atom is 0.318 e. The average molecular weight is 249 g/mol. The Morgan fingerprint density at radius 3 is 2.94 bits per heavy atom. The minimum Gasteiger partial charge on any atom is -0.377 e. The number of benzene rings is 1. The van der Waals surface area contributed by atoms with Gasteiger partial charge >= 0.3 is 6.03 Å². The highest BCUT2D eigenvalue weighted by atomic mass is 16.5. The van der Waals surface area contributed by atoms with Crippen molar-refractivity contribution in [3.63, 3.8) is 0 Å². The smallest absolute Gasteiger partial charge is 0.318 e. The summed E-state index contributed by atoms with van der Waals surface area (Å²) in [5.41, 5.74) is 6.72. The molecular formula is C13H19N3O2.